The van der Waals surface area contributed by atoms with Crippen LogP contribution in [0.3, 0.4) is 0 Å². The SMILES string of the molecule is CCN(C(=O)c1cc(F)ccc1Oc1nnc(NC)nc1N1CCC2(C1)CN(C(CCCN(C)CCOC)C(C)C)C2)C(C)C. The predicted octanol–water partition coefficient (Wildman–Crippen LogP) is 4.61. The molecule has 3 heterocycles. The lowest BCUT2D eigenvalue weighted by Crippen LogP contribution is -2.62. The maximum atomic E-state index is 14.4. The first-order valence-electron chi connectivity index (χ1n) is 16.4. The Kier molecular flexibility index (Phi) is 12.0. The van der Waals surface area contributed by atoms with Crippen molar-refractivity contribution in [1.82, 2.24) is 29.9 Å². The molecule has 2 fully saturated rings. The number of carbonyl (C=O) groups is 1. The van der Waals surface area contributed by atoms with E-state index in [9.17, 15) is 9.18 Å². The zero-order valence-corrected chi connectivity index (χ0v) is 28.5. The highest BCUT2D eigenvalue weighted by atomic mass is 19.1. The highest BCUT2D eigenvalue weighted by molar-refractivity contribution is 5.97. The Balaban J connectivity index is 1.47. The van der Waals surface area contributed by atoms with Gasteiger partial charge in [0.25, 0.3) is 11.8 Å². The lowest BCUT2D eigenvalue weighted by molar-refractivity contribution is -0.0345. The molecular formula is C33H53FN8O3. The molecule has 1 spiro atoms. The van der Waals surface area contributed by atoms with Gasteiger partial charge in [0.1, 0.15) is 11.6 Å². The number of halogens is 1. The van der Waals surface area contributed by atoms with E-state index in [2.05, 4.69) is 51.1 Å². The van der Waals surface area contributed by atoms with Gasteiger partial charge in [-0.3, -0.25) is 9.69 Å². The molecule has 1 aromatic heterocycles. The Bertz CT molecular complexity index is 1270. The first kappa shape index (κ1) is 34.8. The summed E-state index contributed by atoms with van der Waals surface area (Å²) in [6.07, 6.45) is 3.39. The summed E-state index contributed by atoms with van der Waals surface area (Å²) >= 11 is 0. The second kappa shape index (κ2) is 15.5. The monoisotopic (exact) mass is 628 g/mol. The Hall–Kier alpha value is -3.09. The van der Waals surface area contributed by atoms with E-state index >= 15 is 0 Å². The lowest BCUT2D eigenvalue weighted by atomic mass is 9.76. The average molecular weight is 629 g/mol. The summed E-state index contributed by atoms with van der Waals surface area (Å²) < 4.78 is 25.8. The molecule has 0 saturated carbocycles. The van der Waals surface area contributed by atoms with Gasteiger partial charge in [0.2, 0.25) is 5.95 Å². The first-order chi connectivity index (χ1) is 21.5. The molecule has 0 aliphatic carbocycles. The number of ether oxygens (including phenoxy) is 2. The molecule has 0 radical (unpaired) electrons. The molecule has 12 heteroatoms. The van der Waals surface area contributed by atoms with Crippen LogP contribution < -0.4 is 15.0 Å². The normalized spacial score (nSPS) is 16.9. The number of nitrogens with zero attached hydrogens (tertiary/aromatic N) is 7. The van der Waals surface area contributed by atoms with Crippen molar-refractivity contribution >= 4 is 17.7 Å². The van der Waals surface area contributed by atoms with Gasteiger partial charge in [-0.1, -0.05) is 13.8 Å². The number of hydrogen-bond donors (Lipinski definition) is 1. The van der Waals surface area contributed by atoms with Crippen molar-refractivity contribution in [2.24, 2.45) is 11.3 Å². The van der Waals surface area contributed by atoms with Crippen molar-refractivity contribution in [2.45, 2.75) is 66.0 Å². The quantitative estimate of drug-likeness (QED) is 0.284. The van der Waals surface area contributed by atoms with Gasteiger partial charge in [-0.25, -0.2) is 4.39 Å². The lowest BCUT2D eigenvalue weighted by Gasteiger charge is -2.53. The summed E-state index contributed by atoms with van der Waals surface area (Å²) in [4.78, 5) is 27.1. The van der Waals surface area contributed by atoms with E-state index in [4.69, 9.17) is 14.5 Å². The summed E-state index contributed by atoms with van der Waals surface area (Å²) in [7, 11) is 5.66. The van der Waals surface area contributed by atoms with Crippen LogP contribution in [0.1, 0.15) is 64.2 Å². The fourth-order valence-corrected chi connectivity index (χ4v) is 6.74. The topological polar surface area (TPSA) is 99.2 Å². The minimum Gasteiger partial charge on any atom is -0.434 e. The number of anilines is 2. The number of hydrogen-bond acceptors (Lipinski definition) is 10. The Morgan fingerprint density at radius 3 is 2.56 bits per heavy atom. The van der Waals surface area contributed by atoms with Gasteiger partial charge in [0.05, 0.1) is 12.2 Å². The van der Waals surface area contributed by atoms with Crippen molar-refractivity contribution in [2.75, 3.05) is 83.8 Å². The van der Waals surface area contributed by atoms with E-state index in [1.54, 1.807) is 19.1 Å². The minimum atomic E-state index is -0.505. The number of rotatable bonds is 16. The number of methoxy groups -OCH3 is 1. The molecule has 2 aliphatic rings. The largest absolute Gasteiger partial charge is 0.434 e. The number of likely N-dealkylation sites (N-methyl/N-ethyl adjacent to an activating group) is 1. The molecule has 1 aromatic carbocycles. The second-order valence-corrected chi connectivity index (χ2v) is 13.3. The highest BCUT2D eigenvalue weighted by Gasteiger charge is 2.50. The molecule has 1 N–H and O–H groups in total. The Labute approximate surface area is 268 Å². The van der Waals surface area contributed by atoms with Crippen LogP contribution in [0.5, 0.6) is 11.6 Å². The molecule has 1 atom stereocenters. The smallest absolute Gasteiger partial charge is 0.282 e. The Morgan fingerprint density at radius 1 is 1.16 bits per heavy atom. The third-order valence-electron chi connectivity index (χ3n) is 9.24. The van der Waals surface area contributed by atoms with Gasteiger partial charge < -0.3 is 29.5 Å². The summed E-state index contributed by atoms with van der Waals surface area (Å²) in [6.45, 7) is 17.5. The third kappa shape index (κ3) is 8.39. The van der Waals surface area contributed by atoms with Crippen molar-refractivity contribution in [1.29, 1.82) is 0 Å². The van der Waals surface area contributed by atoms with Gasteiger partial charge in [-0.15, -0.1) is 10.2 Å². The predicted molar refractivity (Wildman–Crippen MR) is 176 cm³/mol. The zero-order chi connectivity index (χ0) is 32.7. The number of likely N-dealkylation sites (tertiary alicyclic amines) is 1. The van der Waals surface area contributed by atoms with E-state index in [0.29, 0.717) is 30.3 Å². The van der Waals surface area contributed by atoms with Gasteiger partial charge in [-0.2, -0.15) is 4.98 Å². The minimum absolute atomic E-state index is 0.0501. The van der Waals surface area contributed by atoms with Gasteiger partial charge in [0, 0.05) is 70.9 Å². The fourth-order valence-electron chi connectivity index (χ4n) is 6.74. The van der Waals surface area contributed by atoms with Crippen LogP contribution in [0, 0.1) is 17.2 Å². The molecule has 250 valence electrons. The third-order valence-corrected chi connectivity index (χ3v) is 9.24. The van der Waals surface area contributed by atoms with Crippen LogP contribution in [0.2, 0.25) is 0 Å². The summed E-state index contributed by atoms with van der Waals surface area (Å²) in [6, 6.07) is 4.49. The zero-order valence-electron chi connectivity index (χ0n) is 28.5. The van der Waals surface area contributed by atoms with E-state index in [-0.39, 0.29) is 34.6 Å². The van der Waals surface area contributed by atoms with Crippen LogP contribution in [0.4, 0.5) is 16.2 Å². The molecule has 0 bridgehead atoms. The van der Waals surface area contributed by atoms with Crippen molar-refractivity contribution < 1.29 is 18.7 Å². The molecule has 1 amide bonds. The number of aromatic nitrogens is 3. The maximum absolute atomic E-state index is 14.4. The van der Waals surface area contributed by atoms with Gasteiger partial charge in [-0.05, 0) is 77.7 Å². The van der Waals surface area contributed by atoms with Crippen LogP contribution in [-0.2, 0) is 4.74 Å². The van der Waals surface area contributed by atoms with E-state index < -0.39 is 5.82 Å². The van der Waals surface area contributed by atoms with E-state index in [1.165, 1.54) is 31.0 Å². The molecule has 4 rings (SSSR count). The van der Waals surface area contributed by atoms with E-state index in [1.807, 2.05) is 20.8 Å². The van der Waals surface area contributed by atoms with Crippen LogP contribution in [-0.4, -0.2) is 121 Å². The van der Waals surface area contributed by atoms with Gasteiger partial charge in [0.15, 0.2) is 5.82 Å². The molecule has 1 unspecified atom stereocenters. The summed E-state index contributed by atoms with van der Waals surface area (Å²) in [5, 5.41) is 11.5. The molecule has 2 saturated heterocycles. The number of amides is 1. The molecule has 2 aromatic rings. The van der Waals surface area contributed by atoms with Crippen LogP contribution >= 0.6 is 0 Å². The average Bonchev–Trinajstić information content (AvgIpc) is 3.44. The second-order valence-electron chi connectivity index (χ2n) is 13.3. The van der Waals surface area contributed by atoms with Gasteiger partial charge >= 0.3 is 0 Å². The van der Waals surface area contributed by atoms with Crippen molar-refractivity contribution in [3.8, 4) is 11.6 Å². The molecule has 11 nitrogen and oxygen atoms in total. The molecule has 2 aliphatic heterocycles. The first-order valence-corrected chi connectivity index (χ1v) is 16.4. The van der Waals surface area contributed by atoms with Crippen LogP contribution in [0.15, 0.2) is 18.2 Å². The number of carbonyl (C=O) groups excluding carboxylic acids is 1. The number of benzene rings is 1. The molecular weight excluding hydrogens is 575 g/mol. The molecule has 45 heavy (non-hydrogen) atoms. The van der Waals surface area contributed by atoms with E-state index in [0.717, 1.165) is 52.3 Å². The standard InChI is InChI=1S/C33H53FN8O3/c1-9-42(24(4)5)31(43)26-19-25(34)12-13-28(26)45-30-29(36-32(35-6)38-37-30)40-16-14-33(20-40)21-41(22-33)27(23(2)3)11-10-15-39(7)17-18-44-8/h12-13,19,23-24,27H,9-11,14-18,20-22H2,1-8H3,(H,35,36,38). The Morgan fingerprint density at radius 2 is 1.91 bits per heavy atom. The fraction of sp³-hybridized carbons (Fsp3) is 0.697. The summed E-state index contributed by atoms with van der Waals surface area (Å²) in [5.74, 6) is 1.17. The number of nitrogens with one attached hydrogen (secondary N) is 1. The summed E-state index contributed by atoms with van der Waals surface area (Å²) in [5.41, 5.74) is 0.327. The highest BCUT2D eigenvalue weighted by Crippen LogP contribution is 2.45. The van der Waals surface area contributed by atoms with Crippen molar-refractivity contribution in [3.05, 3.63) is 29.6 Å². The van der Waals surface area contributed by atoms with Crippen molar-refractivity contribution in [3.63, 3.8) is 0 Å². The maximum Gasteiger partial charge on any atom is 0.282 e. The van der Waals surface area contributed by atoms with Crippen LogP contribution in [0.25, 0.3) is 0 Å².